The van der Waals surface area contributed by atoms with E-state index in [-0.39, 0.29) is 38.4 Å². The molecule has 0 saturated carbocycles. The molecule has 0 radical (unpaired) electrons. The molecule has 0 amide bonds. The fraction of sp³-hybridized carbons (Fsp3) is 0.531. The van der Waals surface area contributed by atoms with Crippen LogP contribution in [0.1, 0.15) is 149 Å². The highest BCUT2D eigenvalue weighted by Crippen LogP contribution is 2.08. The van der Waals surface area contributed by atoms with Crippen molar-refractivity contribution in [2.75, 3.05) is 13.2 Å². The SMILES string of the molecule is CC/C=C\C/C=C\C/C=C\CCCC(=O)OC(COC(=O)C/C=C\C/C=C\C/C=C\CC)COC(=O)CCC/C=C\C/C=C\C/C=C\C/C=C\CCCCC. The van der Waals surface area contributed by atoms with Crippen molar-refractivity contribution >= 4 is 17.9 Å². The van der Waals surface area contributed by atoms with E-state index < -0.39 is 18.0 Å². The maximum atomic E-state index is 12.6. The molecule has 0 aliphatic heterocycles. The molecule has 0 heterocycles. The Bertz CT molecular complexity index is 1240. The fourth-order valence-corrected chi connectivity index (χ4v) is 4.87. The van der Waals surface area contributed by atoms with Gasteiger partial charge >= 0.3 is 17.9 Å². The van der Waals surface area contributed by atoms with Gasteiger partial charge in [0.05, 0.1) is 6.42 Å². The second-order valence-electron chi connectivity index (χ2n) is 13.1. The Kier molecular flexibility index (Phi) is 39.3. The minimum atomic E-state index is -0.862. The number of allylic oxidation sites excluding steroid dienone is 19. The monoisotopic (exact) mass is 759 g/mol. The van der Waals surface area contributed by atoms with Gasteiger partial charge in [-0.05, 0) is 96.3 Å². The lowest BCUT2D eigenvalue weighted by atomic mass is 10.2. The second kappa shape index (κ2) is 42.6. The molecule has 0 rings (SSSR count). The molecule has 0 aromatic carbocycles. The predicted octanol–water partition coefficient (Wildman–Crippen LogP) is 13.4. The number of rotatable bonds is 35. The van der Waals surface area contributed by atoms with Crippen LogP contribution in [0.2, 0.25) is 0 Å². The van der Waals surface area contributed by atoms with Crippen LogP contribution in [0.15, 0.2) is 122 Å². The highest BCUT2D eigenvalue weighted by Gasteiger charge is 2.19. The van der Waals surface area contributed by atoms with Crippen molar-refractivity contribution in [3.63, 3.8) is 0 Å². The Morgan fingerprint density at radius 1 is 0.400 bits per heavy atom. The van der Waals surface area contributed by atoms with Crippen molar-refractivity contribution in [2.24, 2.45) is 0 Å². The zero-order valence-corrected chi connectivity index (χ0v) is 34.6. The minimum Gasteiger partial charge on any atom is -0.462 e. The van der Waals surface area contributed by atoms with Gasteiger partial charge in [0.1, 0.15) is 13.2 Å². The van der Waals surface area contributed by atoms with Gasteiger partial charge < -0.3 is 14.2 Å². The molecule has 1 unspecified atom stereocenters. The van der Waals surface area contributed by atoms with E-state index >= 15 is 0 Å². The van der Waals surface area contributed by atoms with E-state index in [2.05, 4.69) is 130 Å². The molecule has 0 aromatic rings. The Hall–Kier alpha value is -4.19. The van der Waals surface area contributed by atoms with E-state index in [9.17, 15) is 14.4 Å². The molecular formula is C49H74O6. The van der Waals surface area contributed by atoms with Crippen LogP contribution in [0, 0.1) is 0 Å². The molecule has 0 aromatic heterocycles. The number of hydrogen-bond donors (Lipinski definition) is 0. The summed E-state index contributed by atoms with van der Waals surface area (Å²) in [7, 11) is 0. The summed E-state index contributed by atoms with van der Waals surface area (Å²) >= 11 is 0. The average molecular weight is 759 g/mol. The first-order valence-electron chi connectivity index (χ1n) is 21.0. The van der Waals surface area contributed by atoms with Crippen LogP contribution in [0.3, 0.4) is 0 Å². The lowest BCUT2D eigenvalue weighted by Gasteiger charge is -2.18. The van der Waals surface area contributed by atoms with Crippen molar-refractivity contribution in [3.05, 3.63) is 122 Å². The van der Waals surface area contributed by atoms with Crippen molar-refractivity contribution in [2.45, 2.75) is 155 Å². The van der Waals surface area contributed by atoms with Crippen molar-refractivity contribution in [1.29, 1.82) is 0 Å². The fourth-order valence-electron chi connectivity index (χ4n) is 4.87. The summed E-state index contributed by atoms with van der Waals surface area (Å²) in [6.45, 7) is 6.12. The molecule has 0 saturated heterocycles. The van der Waals surface area contributed by atoms with Gasteiger partial charge in [-0.25, -0.2) is 0 Å². The van der Waals surface area contributed by atoms with Gasteiger partial charge in [-0.3, -0.25) is 14.4 Å². The first kappa shape index (κ1) is 50.8. The summed E-state index contributed by atoms with van der Waals surface area (Å²) in [6, 6.07) is 0. The highest BCUT2D eigenvalue weighted by molar-refractivity contribution is 5.72. The van der Waals surface area contributed by atoms with E-state index in [0.717, 1.165) is 70.6 Å². The zero-order chi connectivity index (χ0) is 40.1. The van der Waals surface area contributed by atoms with Crippen LogP contribution in [0.5, 0.6) is 0 Å². The van der Waals surface area contributed by atoms with Crippen LogP contribution >= 0.6 is 0 Å². The second-order valence-corrected chi connectivity index (χ2v) is 13.1. The minimum absolute atomic E-state index is 0.110. The highest BCUT2D eigenvalue weighted by atomic mass is 16.6. The Labute approximate surface area is 335 Å². The third kappa shape index (κ3) is 40.8. The number of unbranched alkanes of at least 4 members (excludes halogenated alkanes) is 5. The lowest BCUT2D eigenvalue weighted by molar-refractivity contribution is -0.166. The predicted molar refractivity (Wildman–Crippen MR) is 233 cm³/mol. The zero-order valence-electron chi connectivity index (χ0n) is 34.6. The van der Waals surface area contributed by atoms with Crippen LogP contribution in [-0.4, -0.2) is 37.2 Å². The van der Waals surface area contributed by atoms with Crippen LogP contribution in [-0.2, 0) is 28.6 Å². The van der Waals surface area contributed by atoms with Gasteiger partial charge in [-0.1, -0.05) is 155 Å². The molecule has 6 heteroatoms. The molecule has 6 nitrogen and oxygen atoms in total. The number of carbonyl (C=O) groups is 3. The summed E-state index contributed by atoms with van der Waals surface area (Å²) in [5.41, 5.74) is 0. The molecule has 0 bridgehead atoms. The van der Waals surface area contributed by atoms with E-state index in [4.69, 9.17) is 14.2 Å². The quantitative estimate of drug-likeness (QED) is 0.0277. The van der Waals surface area contributed by atoms with E-state index in [1.54, 1.807) is 6.08 Å². The number of ether oxygens (including phenoxy) is 3. The largest absolute Gasteiger partial charge is 0.462 e. The van der Waals surface area contributed by atoms with Crippen LogP contribution in [0.4, 0.5) is 0 Å². The van der Waals surface area contributed by atoms with E-state index in [1.165, 1.54) is 25.7 Å². The Morgan fingerprint density at radius 2 is 0.764 bits per heavy atom. The summed E-state index contributed by atoms with van der Waals surface area (Å²) in [5, 5.41) is 0. The summed E-state index contributed by atoms with van der Waals surface area (Å²) in [5.74, 6) is -1.21. The number of hydrogen-bond acceptors (Lipinski definition) is 6. The molecule has 55 heavy (non-hydrogen) atoms. The molecular weight excluding hydrogens is 685 g/mol. The van der Waals surface area contributed by atoms with Gasteiger partial charge in [-0.15, -0.1) is 0 Å². The normalized spacial score (nSPS) is 13.3. The Morgan fingerprint density at radius 3 is 1.20 bits per heavy atom. The first-order chi connectivity index (χ1) is 27.0. The van der Waals surface area contributed by atoms with Gasteiger partial charge in [-0.2, -0.15) is 0 Å². The standard InChI is InChI=1S/C49H74O6/c1-4-7-10-13-16-19-21-22-23-24-25-26-28-30-33-36-39-42-48(51)54-45-46(44-53-47(50)41-38-35-32-29-18-15-12-9-6-3)55-49(52)43-40-37-34-31-27-20-17-14-11-8-5-2/h8-9,11-12,16-20,22-23,25-26,29-31,33-35,38,46H,4-7,10,13-15,21,24,27-28,32,36-37,39-45H2,1-3H3/b11-8-,12-9-,19-16-,20-17-,23-22-,26-25-,29-18-,33-30-,34-31-,38-35-. The summed E-state index contributed by atoms with van der Waals surface area (Å²) in [6.07, 6.45) is 58.1. The van der Waals surface area contributed by atoms with Gasteiger partial charge in [0, 0.05) is 12.8 Å². The maximum absolute atomic E-state index is 12.6. The van der Waals surface area contributed by atoms with Crippen LogP contribution in [0.25, 0.3) is 0 Å². The first-order valence-corrected chi connectivity index (χ1v) is 21.0. The van der Waals surface area contributed by atoms with Gasteiger partial charge in [0.25, 0.3) is 0 Å². The summed E-state index contributed by atoms with van der Waals surface area (Å²) < 4.78 is 16.4. The molecule has 306 valence electrons. The third-order valence-electron chi connectivity index (χ3n) is 7.96. The van der Waals surface area contributed by atoms with Crippen molar-refractivity contribution < 1.29 is 28.6 Å². The molecule has 1 atom stereocenters. The van der Waals surface area contributed by atoms with Gasteiger partial charge in [0.15, 0.2) is 6.10 Å². The van der Waals surface area contributed by atoms with Gasteiger partial charge in [0.2, 0.25) is 0 Å². The molecule has 0 aliphatic carbocycles. The molecule has 0 fully saturated rings. The van der Waals surface area contributed by atoms with Crippen LogP contribution < -0.4 is 0 Å². The van der Waals surface area contributed by atoms with E-state index in [0.29, 0.717) is 12.8 Å². The van der Waals surface area contributed by atoms with E-state index in [1.807, 2.05) is 6.08 Å². The third-order valence-corrected chi connectivity index (χ3v) is 7.96. The molecule has 0 aliphatic rings. The molecule has 0 N–H and O–H groups in total. The topological polar surface area (TPSA) is 78.9 Å². The summed E-state index contributed by atoms with van der Waals surface area (Å²) in [4.78, 5) is 37.5. The lowest BCUT2D eigenvalue weighted by Crippen LogP contribution is -2.30. The molecule has 0 spiro atoms. The number of carbonyl (C=O) groups excluding carboxylic acids is 3. The smallest absolute Gasteiger partial charge is 0.309 e. The maximum Gasteiger partial charge on any atom is 0.309 e. The van der Waals surface area contributed by atoms with Crippen molar-refractivity contribution in [3.8, 4) is 0 Å². The van der Waals surface area contributed by atoms with Crippen molar-refractivity contribution in [1.82, 2.24) is 0 Å². The Balaban J connectivity index is 4.60. The number of esters is 3. The average Bonchev–Trinajstić information content (AvgIpc) is 3.18.